The number of imide groups is 1. The SMILES string of the molecule is CSCC[C@H](C(=O)N[C@H](C)C12CC3CC(CC(C3)C1)C2)N1C(=O)c2ccccc2C1=O. The summed E-state index contributed by atoms with van der Waals surface area (Å²) in [6.45, 7) is 2.15. The third kappa shape index (κ3) is 3.51. The van der Waals surface area contributed by atoms with Crippen molar-refractivity contribution in [3.8, 4) is 0 Å². The summed E-state index contributed by atoms with van der Waals surface area (Å²) in [4.78, 5) is 40.8. The lowest BCUT2D eigenvalue weighted by atomic mass is 9.48. The molecule has 31 heavy (non-hydrogen) atoms. The van der Waals surface area contributed by atoms with E-state index < -0.39 is 6.04 Å². The molecule has 0 aromatic heterocycles. The van der Waals surface area contributed by atoms with Crippen molar-refractivity contribution in [1.29, 1.82) is 0 Å². The highest BCUT2D eigenvalue weighted by atomic mass is 32.2. The van der Waals surface area contributed by atoms with Gasteiger partial charge in [-0.15, -0.1) is 0 Å². The van der Waals surface area contributed by atoms with Crippen LogP contribution in [0.2, 0.25) is 0 Å². The standard InChI is InChI=1S/C25H32N2O3S/c1-15(25-12-16-9-17(13-25)11-18(10-16)14-25)26-22(28)21(7-8-31-2)27-23(29)19-5-3-4-6-20(19)24(27)30/h3-6,15-18,21H,7-14H2,1-2H3,(H,26,28)/t15-,16?,17?,18?,21-,25?/m1/s1. The van der Waals surface area contributed by atoms with Gasteiger partial charge in [-0.2, -0.15) is 11.8 Å². The fourth-order valence-electron chi connectivity index (χ4n) is 7.27. The van der Waals surface area contributed by atoms with Crippen LogP contribution in [0.3, 0.4) is 0 Å². The number of carbonyl (C=O) groups is 3. The first-order chi connectivity index (χ1) is 14.9. The molecule has 0 saturated heterocycles. The van der Waals surface area contributed by atoms with Crippen LogP contribution in [0, 0.1) is 23.2 Å². The first kappa shape index (κ1) is 21.0. The zero-order valence-electron chi connectivity index (χ0n) is 18.4. The van der Waals surface area contributed by atoms with E-state index in [0.29, 0.717) is 17.5 Å². The molecule has 0 radical (unpaired) electrons. The molecule has 2 atom stereocenters. The highest BCUT2D eigenvalue weighted by molar-refractivity contribution is 7.98. The van der Waals surface area contributed by atoms with Gasteiger partial charge < -0.3 is 5.32 Å². The van der Waals surface area contributed by atoms with Gasteiger partial charge in [-0.1, -0.05) is 12.1 Å². The van der Waals surface area contributed by atoms with Crippen molar-refractivity contribution in [1.82, 2.24) is 10.2 Å². The first-order valence-electron chi connectivity index (χ1n) is 11.7. The number of carbonyl (C=O) groups excluding carboxylic acids is 3. The van der Waals surface area contributed by atoms with E-state index >= 15 is 0 Å². The molecule has 1 aliphatic heterocycles. The largest absolute Gasteiger partial charge is 0.351 e. The van der Waals surface area contributed by atoms with Crippen LogP contribution in [0.15, 0.2) is 24.3 Å². The number of nitrogens with zero attached hydrogens (tertiary/aromatic N) is 1. The Morgan fingerprint density at radius 1 is 1.06 bits per heavy atom. The molecule has 1 aromatic carbocycles. The van der Waals surface area contributed by atoms with Gasteiger partial charge in [-0.05, 0) is 99.2 Å². The van der Waals surface area contributed by atoms with E-state index in [-0.39, 0.29) is 29.2 Å². The number of rotatable bonds is 7. The number of benzene rings is 1. The molecule has 6 heteroatoms. The lowest BCUT2D eigenvalue weighted by Crippen LogP contribution is -2.59. The lowest BCUT2D eigenvalue weighted by molar-refractivity contribution is -0.129. The van der Waals surface area contributed by atoms with Crippen LogP contribution in [0.25, 0.3) is 0 Å². The molecule has 1 N–H and O–H groups in total. The summed E-state index contributed by atoms with van der Waals surface area (Å²) < 4.78 is 0. The van der Waals surface area contributed by atoms with Gasteiger partial charge in [0.15, 0.2) is 0 Å². The van der Waals surface area contributed by atoms with Crippen LogP contribution in [0.1, 0.15) is 72.6 Å². The molecule has 0 spiro atoms. The van der Waals surface area contributed by atoms with Crippen LogP contribution >= 0.6 is 11.8 Å². The van der Waals surface area contributed by atoms with E-state index in [1.54, 1.807) is 36.0 Å². The summed E-state index contributed by atoms with van der Waals surface area (Å²) in [6, 6.07) is 6.20. The maximum atomic E-state index is 13.5. The second-order valence-corrected chi connectivity index (χ2v) is 11.3. The first-order valence-corrected chi connectivity index (χ1v) is 13.1. The molecular formula is C25H32N2O3S. The minimum Gasteiger partial charge on any atom is -0.351 e. The molecule has 4 fully saturated rings. The molecule has 1 heterocycles. The predicted molar refractivity (Wildman–Crippen MR) is 122 cm³/mol. The zero-order valence-corrected chi connectivity index (χ0v) is 19.2. The summed E-state index contributed by atoms with van der Waals surface area (Å²) in [5.41, 5.74) is 1.00. The molecule has 4 bridgehead atoms. The van der Waals surface area contributed by atoms with Crippen molar-refractivity contribution in [2.75, 3.05) is 12.0 Å². The average molecular weight is 441 g/mol. The number of amides is 3. The average Bonchev–Trinajstić information content (AvgIpc) is 2.98. The molecule has 4 aliphatic carbocycles. The molecule has 166 valence electrons. The lowest BCUT2D eigenvalue weighted by Gasteiger charge is -2.59. The van der Waals surface area contributed by atoms with Gasteiger partial charge >= 0.3 is 0 Å². The second kappa shape index (κ2) is 7.95. The van der Waals surface area contributed by atoms with Crippen LogP contribution in [0.5, 0.6) is 0 Å². The molecule has 0 unspecified atom stereocenters. The fraction of sp³-hybridized carbons (Fsp3) is 0.640. The van der Waals surface area contributed by atoms with E-state index in [0.717, 1.165) is 23.5 Å². The molecule has 4 saturated carbocycles. The van der Waals surface area contributed by atoms with E-state index in [4.69, 9.17) is 0 Å². The quantitative estimate of drug-likeness (QED) is 0.648. The molecule has 5 nitrogen and oxygen atoms in total. The van der Waals surface area contributed by atoms with Crippen molar-refractivity contribution < 1.29 is 14.4 Å². The Morgan fingerprint density at radius 3 is 2.06 bits per heavy atom. The van der Waals surface area contributed by atoms with E-state index in [1.807, 2.05) is 6.26 Å². The van der Waals surface area contributed by atoms with Crippen molar-refractivity contribution in [2.24, 2.45) is 23.2 Å². The Hall–Kier alpha value is -1.82. The normalized spacial score (nSPS) is 32.8. The van der Waals surface area contributed by atoms with Gasteiger partial charge in [0.1, 0.15) is 6.04 Å². The maximum absolute atomic E-state index is 13.5. The van der Waals surface area contributed by atoms with Crippen LogP contribution in [0.4, 0.5) is 0 Å². The van der Waals surface area contributed by atoms with Gasteiger partial charge in [-0.3, -0.25) is 19.3 Å². The summed E-state index contributed by atoms with van der Waals surface area (Å²) in [7, 11) is 0. The Balaban J connectivity index is 1.35. The van der Waals surface area contributed by atoms with Crippen molar-refractivity contribution in [3.05, 3.63) is 35.4 Å². The van der Waals surface area contributed by atoms with Crippen LogP contribution < -0.4 is 5.32 Å². The molecular weight excluding hydrogens is 408 g/mol. The van der Waals surface area contributed by atoms with Gasteiger partial charge in [0.2, 0.25) is 5.91 Å². The van der Waals surface area contributed by atoms with E-state index in [1.165, 1.54) is 43.4 Å². The summed E-state index contributed by atoms with van der Waals surface area (Å²) in [5, 5.41) is 3.30. The highest BCUT2D eigenvalue weighted by Crippen LogP contribution is 2.61. The zero-order chi connectivity index (χ0) is 21.8. The van der Waals surface area contributed by atoms with Crippen LogP contribution in [-0.4, -0.2) is 46.7 Å². The maximum Gasteiger partial charge on any atom is 0.262 e. The Morgan fingerprint density at radius 2 is 1.58 bits per heavy atom. The minimum absolute atomic E-state index is 0.0698. The fourth-order valence-corrected chi connectivity index (χ4v) is 7.73. The van der Waals surface area contributed by atoms with Crippen LogP contribution in [-0.2, 0) is 4.79 Å². The van der Waals surface area contributed by atoms with Gasteiger partial charge in [-0.25, -0.2) is 0 Å². The molecule has 5 aliphatic rings. The summed E-state index contributed by atoms with van der Waals surface area (Å²) >= 11 is 1.63. The summed E-state index contributed by atoms with van der Waals surface area (Å²) in [5.74, 6) is 2.30. The summed E-state index contributed by atoms with van der Waals surface area (Å²) in [6.07, 6.45) is 10.2. The monoisotopic (exact) mass is 440 g/mol. The Bertz CT molecular complexity index is 843. The second-order valence-electron chi connectivity index (χ2n) is 10.3. The number of nitrogens with one attached hydrogen (secondary N) is 1. The van der Waals surface area contributed by atoms with E-state index in [9.17, 15) is 14.4 Å². The molecule has 1 aromatic rings. The number of hydrogen-bond donors (Lipinski definition) is 1. The number of thioether (sulfide) groups is 1. The Labute approximate surface area is 188 Å². The molecule has 3 amide bonds. The van der Waals surface area contributed by atoms with Crippen molar-refractivity contribution in [2.45, 2.75) is 64.0 Å². The third-order valence-corrected chi connectivity index (χ3v) is 9.04. The van der Waals surface area contributed by atoms with E-state index in [2.05, 4.69) is 12.2 Å². The minimum atomic E-state index is -0.754. The predicted octanol–water partition coefficient (Wildman–Crippen LogP) is 4.13. The topological polar surface area (TPSA) is 66.5 Å². The smallest absolute Gasteiger partial charge is 0.262 e. The van der Waals surface area contributed by atoms with Gasteiger partial charge in [0.25, 0.3) is 11.8 Å². The number of hydrogen-bond acceptors (Lipinski definition) is 4. The van der Waals surface area contributed by atoms with Gasteiger partial charge in [0.05, 0.1) is 11.1 Å². The molecule has 6 rings (SSSR count). The van der Waals surface area contributed by atoms with Crippen molar-refractivity contribution in [3.63, 3.8) is 0 Å². The Kier molecular flexibility index (Phi) is 5.40. The number of fused-ring (bicyclic) bond motifs is 1. The van der Waals surface area contributed by atoms with Gasteiger partial charge in [0, 0.05) is 6.04 Å². The highest BCUT2D eigenvalue weighted by Gasteiger charge is 2.54. The third-order valence-electron chi connectivity index (χ3n) is 8.40. The van der Waals surface area contributed by atoms with Crippen molar-refractivity contribution >= 4 is 29.5 Å².